The van der Waals surface area contributed by atoms with Gasteiger partial charge in [-0.1, -0.05) is 32.0 Å². The van der Waals surface area contributed by atoms with Crippen LogP contribution in [0.1, 0.15) is 59.6 Å². The van der Waals surface area contributed by atoms with Crippen LogP contribution in [0.25, 0.3) is 0 Å². The van der Waals surface area contributed by atoms with Gasteiger partial charge in [0.05, 0.1) is 6.26 Å². The third kappa shape index (κ3) is 5.96. The summed E-state index contributed by atoms with van der Waals surface area (Å²) in [4.78, 5) is 39.9. The highest BCUT2D eigenvalue weighted by Gasteiger charge is 2.29. The van der Waals surface area contributed by atoms with E-state index >= 15 is 0 Å². The van der Waals surface area contributed by atoms with E-state index in [2.05, 4.69) is 10.6 Å². The highest BCUT2D eigenvalue weighted by molar-refractivity contribution is 5.98. The van der Waals surface area contributed by atoms with Crippen LogP contribution in [0.5, 0.6) is 0 Å². The Balaban J connectivity index is 1.56. The third-order valence-electron chi connectivity index (χ3n) is 5.58. The van der Waals surface area contributed by atoms with Crippen LogP contribution in [0.4, 0.5) is 0 Å². The largest absolute Gasteiger partial charge is 0.459 e. The lowest BCUT2D eigenvalue weighted by Gasteiger charge is -2.33. The predicted octanol–water partition coefficient (Wildman–Crippen LogP) is 3.15. The molecule has 166 valence electrons. The topological polar surface area (TPSA) is 91.7 Å². The van der Waals surface area contributed by atoms with E-state index in [4.69, 9.17) is 4.42 Å². The molecule has 31 heavy (non-hydrogen) atoms. The molecule has 1 atom stereocenters. The molecule has 2 heterocycles. The molecule has 3 rings (SSSR count). The Morgan fingerprint density at radius 3 is 2.42 bits per heavy atom. The Morgan fingerprint density at radius 2 is 1.81 bits per heavy atom. The van der Waals surface area contributed by atoms with E-state index in [-0.39, 0.29) is 29.7 Å². The van der Waals surface area contributed by atoms with Gasteiger partial charge in [0.2, 0.25) is 5.91 Å². The standard InChI is InChI=1S/C24H31N3O4/c1-16(2)15-20(26-22(28)19-8-5-4-7-17(19)3)23(29)25-18-10-12-27(13-11-18)24(30)21-9-6-14-31-21/h4-9,14,16,18,20H,10-13,15H2,1-3H3,(H,25,29)(H,26,28)/t20-/m0/s1. The lowest BCUT2D eigenvalue weighted by atomic mass is 10.00. The number of hydrogen-bond acceptors (Lipinski definition) is 4. The fourth-order valence-corrected chi connectivity index (χ4v) is 3.85. The van der Waals surface area contributed by atoms with Crippen LogP contribution in [0.3, 0.4) is 0 Å². The Bertz CT molecular complexity index is 899. The van der Waals surface area contributed by atoms with E-state index in [9.17, 15) is 14.4 Å². The van der Waals surface area contributed by atoms with Crippen LogP contribution in [0.15, 0.2) is 47.1 Å². The van der Waals surface area contributed by atoms with Crippen molar-refractivity contribution in [1.29, 1.82) is 0 Å². The molecule has 1 fully saturated rings. The number of likely N-dealkylation sites (tertiary alicyclic amines) is 1. The van der Waals surface area contributed by atoms with Gasteiger partial charge in [-0.15, -0.1) is 0 Å². The van der Waals surface area contributed by atoms with Crippen molar-refractivity contribution in [3.05, 3.63) is 59.5 Å². The molecule has 2 aromatic rings. The van der Waals surface area contributed by atoms with Crippen molar-refractivity contribution in [2.75, 3.05) is 13.1 Å². The normalized spacial score (nSPS) is 15.5. The zero-order valence-electron chi connectivity index (χ0n) is 18.4. The lowest BCUT2D eigenvalue weighted by Crippen LogP contribution is -2.53. The van der Waals surface area contributed by atoms with Gasteiger partial charge >= 0.3 is 0 Å². The molecule has 1 aliphatic rings. The van der Waals surface area contributed by atoms with Crippen LogP contribution in [-0.2, 0) is 4.79 Å². The van der Waals surface area contributed by atoms with Gasteiger partial charge in [-0.3, -0.25) is 14.4 Å². The van der Waals surface area contributed by atoms with Gasteiger partial charge in [0.25, 0.3) is 11.8 Å². The Kier molecular flexibility index (Phi) is 7.50. The number of rotatable bonds is 7. The minimum atomic E-state index is -0.602. The minimum Gasteiger partial charge on any atom is -0.459 e. The molecule has 3 amide bonds. The summed E-state index contributed by atoms with van der Waals surface area (Å²) in [6.45, 7) is 7.03. The van der Waals surface area contributed by atoms with Crippen LogP contribution < -0.4 is 10.6 Å². The van der Waals surface area contributed by atoms with Gasteiger partial charge in [0, 0.05) is 24.7 Å². The summed E-state index contributed by atoms with van der Waals surface area (Å²) in [5.41, 5.74) is 1.45. The quantitative estimate of drug-likeness (QED) is 0.713. The Labute approximate surface area is 183 Å². The first-order valence-electron chi connectivity index (χ1n) is 10.8. The number of carbonyl (C=O) groups excluding carboxylic acids is 3. The van der Waals surface area contributed by atoms with Gasteiger partial charge in [0.1, 0.15) is 6.04 Å². The number of furan rings is 1. The molecule has 0 radical (unpaired) electrons. The molecule has 0 saturated carbocycles. The number of piperidine rings is 1. The van der Waals surface area contributed by atoms with E-state index in [1.165, 1.54) is 6.26 Å². The first-order valence-corrected chi connectivity index (χ1v) is 10.8. The molecule has 0 unspecified atom stereocenters. The highest BCUT2D eigenvalue weighted by Crippen LogP contribution is 2.16. The number of carbonyl (C=O) groups is 3. The van der Waals surface area contributed by atoms with Crippen molar-refractivity contribution in [3.63, 3.8) is 0 Å². The second-order valence-electron chi connectivity index (χ2n) is 8.52. The molecular weight excluding hydrogens is 394 g/mol. The number of hydrogen-bond donors (Lipinski definition) is 2. The van der Waals surface area contributed by atoms with Crippen molar-refractivity contribution < 1.29 is 18.8 Å². The summed E-state index contributed by atoms with van der Waals surface area (Å²) in [7, 11) is 0. The van der Waals surface area contributed by atoms with E-state index in [0.29, 0.717) is 43.7 Å². The number of amides is 3. The first-order chi connectivity index (χ1) is 14.8. The smallest absolute Gasteiger partial charge is 0.289 e. The molecule has 2 N–H and O–H groups in total. The van der Waals surface area contributed by atoms with Gasteiger partial charge in [-0.05, 0) is 55.9 Å². The number of aryl methyl sites for hydroxylation is 1. The van der Waals surface area contributed by atoms with E-state index in [1.807, 2.05) is 39.0 Å². The summed E-state index contributed by atoms with van der Waals surface area (Å²) >= 11 is 0. The lowest BCUT2D eigenvalue weighted by molar-refractivity contribution is -0.124. The highest BCUT2D eigenvalue weighted by atomic mass is 16.3. The fraction of sp³-hybridized carbons (Fsp3) is 0.458. The van der Waals surface area contributed by atoms with Crippen molar-refractivity contribution in [1.82, 2.24) is 15.5 Å². The monoisotopic (exact) mass is 425 g/mol. The molecule has 1 saturated heterocycles. The molecular formula is C24H31N3O4. The van der Waals surface area contributed by atoms with Crippen LogP contribution in [0.2, 0.25) is 0 Å². The van der Waals surface area contributed by atoms with E-state index < -0.39 is 6.04 Å². The van der Waals surface area contributed by atoms with Crippen molar-refractivity contribution in [2.45, 2.75) is 52.1 Å². The number of nitrogens with one attached hydrogen (secondary N) is 2. The average Bonchev–Trinajstić information content (AvgIpc) is 3.28. The molecule has 7 heteroatoms. The van der Waals surface area contributed by atoms with Crippen molar-refractivity contribution in [3.8, 4) is 0 Å². The summed E-state index contributed by atoms with van der Waals surface area (Å²) in [5, 5.41) is 5.99. The molecule has 1 aromatic heterocycles. The second kappa shape index (κ2) is 10.3. The second-order valence-corrected chi connectivity index (χ2v) is 8.52. The maximum Gasteiger partial charge on any atom is 0.289 e. The summed E-state index contributed by atoms with van der Waals surface area (Å²) in [6.07, 6.45) is 3.37. The summed E-state index contributed by atoms with van der Waals surface area (Å²) in [5.74, 6) is 0.0428. The molecule has 0 aliphatic carbocycles. The molecule has 1 aromatic carbocycles. The molecule has 0 spiro atoms. The first kappa shape index (κ1) is 22.6. The maximum atomic E-state index is 13.0. The Morgan fingerprint density at radius 1 is 1.10 bits per heavy atom. The SMILES string of the molecule is Cc1ccccc1C(=O)N[C@@H](CC(C)C)C(=O)NC1CCN(C(=O)c2ccco2)CC1. The average molecular weight is 426 g/mol. The summed E-state index contributed by atoms with van der Waals surface area (Å²) < 4.78 is 5.19. The fourth-order valence-electron chi connectivity index (χ4n) is 3.85. The molecule has 7 nitrogen and oxygen atoms in total. The Hall–Kier alpha value is -3.09. The zero-order chi connectivity index (χ0) is 22.4. The molecule has 1 aliphatic heterocycles. The predicted molar refractivity (Wildman–Crippen MR) is 118 cm³/mol. The van der Waals surface area contributed by atoms with E-state index in [0.717, 1.165) is 5.56 Å². The van der Waals surface area contributed by atoms with Crippen LogP contribution in [0, 0.1) is 12.8 Å². The van der Waals surface area contributed by atoms with E-state index in [1.54, 1.807) is 23.1 Å². The van der Waals surface area contributed by atoms with Gasteiger partial charge < -0.3 is 20.0 Å². The summed E-state index contributed by atoms with van der Waals surface area (Å²) in [6, 6.07) is 10.1. The zero-order valence-corrected chi connectivity index (χ0v) is 18.4. The number of nitrogens with zero attached hydrogens (tertiary/aromatic N) is 1. The minimum absolute atomic E-state index is 0.0295. The van der Waals surface area contributed by atoms with Crippen LogP contribution in [-0.4, -0.2) is 47.8 Å². The van der Waals surface area contributed by atoms with Crippen LogP contribution >= 0.6 is 0 Å². The van der Waals surface area contributed by atoms with Crippen molar-refractivity contribution in [2.24, 2.45) is 5.92 Å². The molecule has 0 bridgehead atoms. The van der Waals surface area contributed by atoms with Gasteiger partial charge in [-0.25, -0.2) is 0 Å². The number of benzene rings is 1. The van der Waals surface area contributed by atoms with Gasteiger partial charge in [-0.2, -0.15) is 0 Å². The third-order valence-corrected chi connectivity index (χ3v) is 5.58. The van der Waals surface area contributed by atoms with Gasteiger partial charge in [0.15, 0.2) is 5.76 Å². The maximum absolute atomic E-state index is 13.0. The van der Waals surface area contributed by atoms with Crippen molar-refractivity contribution >= 4 is 17.7 Å².